The highest BCUT2D eigenvalue weighted by molar-refractivity contribution is 7.92. The zero-order valence-corrected chi connectivity index (χ0v) is 32.7. The van der Waals surface area contributed by atoms with Crippen LogP contribution in [0.4, 0.5) is 5.69 Å². The van der Waals surface area contributed by atoms with Crippen LogP contribution in [0.5, 0.6) is 0 Å². The molecule has 3 aromatic carbocycles. The summed E-state index contributed by atoms with van der Waals surface area (Å²) in [4.78, 5) is 53.6. The lowest BCUT2D eigenvalue weighted by Crippen LogP contribution is -2.55. The van der Waals surface area contributed by atoms with Gasteiger partial charge in [0.25, 0.3) is 11.8 Å². The number of carbonyl (C=O) groups is 4. The number of halogens is 1. The van der Waals surface area contributed by atoms with Gasteiger partial charge >= 0.3 is 0 Å². The molecule has 286 valence electrons. The molecule has 3 aromatic rings. The number of nitrogens with zero attached hydrogens (tertiary/aromatic N) is 1. The van der Waals surface area contributed by atoms with Gasteiger partial charge in [0.1, 0.15) is 6.04 Å². The molecule has 1 fully saturated rings. The van der Waals surface area contributed by atoms with Gasteiger partial charge in [-0.1, -0.05) is 67.9 Å². The molecular weight excluding hydrogens is 716 g/mol. The number of rotatable bonds is 18. The molecule has 0 unspecified atom stereocenters. The van der Waals surface area contributed by atoms with Crippen LogP contribution in [0, 0.1) is 11.8 Å². The summed E-state index contributed by atoms with van der Waals surface area (Å²) >= 11 is 6.15. The van der Waals surface area contributed by atoms with Crippen molar-refractivity contribution in [2.75, 3.05) is 30.7 Å². The van der Waals surface area contributed by atoms with E-state index in [2.05, 4.69) is 26.6 Å². The third kappa shape index (κ3) is 12.6. The van der Waals surface area contributed by atoms with Gasteiger partial charge in [-0.25, -0.2) is 8.42 Å². The smallest absolute Gasteiger partial charge is 0.251 e. The summed E-state index contributed by atoms with van der Waals surface area (Å²) in [5, 5.41) is 15.5. The second-order valence-electron chi connectivity index (χ2n) is 14.2. The maximum Gasteiger partial charge on any atom is 0.251 e. The average molecular weight is 767 g/mol. The van der Waals surface area contributed by atoms with E-state index in [9.17, 15) is 27.6 Å². The molecule has 0 bridgehead atoms. The monoisotopic (exact) mass is 766 g/mol. The van der Waals surface area contributed by atoms with Gasteiger partial charge in [-0.3, -0.25) is 23.5 Å². The second kappa shape index (κ2) is 18.5. The topological polar surface area (TPSA) is 166 Å². The largest absolute Gasteiger partial charge is 0.354 e. The molecule has 0 heterocycles. The Balaban J connectivity index is 1.53. The molecule has 1 saturated carbocycles. The molecule has 5 N–H and O–H groups in total. The van der Waals surface area contributed by atoms with Crippen molar-refractivity contribution in [2.24, 2.45) is 11.8 Å². The van der Waals surface area contributed by atoms with E-state index < -0.39 is 46.0 Å². The number of sulfonamides is 1. The van der Waals surface area contributed by atoms with Crippen LogP contribution < -0.4 is 30.9 Å². The molecule has 14 heteroatoms. The summed E-state index contributed by atoms with van der Waals surface area (Å²) in [5.41, 5.74) is 1.98. The average Bonchev–Trinajstić information content (AvgIpc) is 3.95. The van der Waals surface area contributed by atoms with Gasteiger partial charge in [0.2, 0.25) is 21.8 Å². The van der Waals surface area contributed by atoms with Crippen molar-refractivity contribution in [1.29, 1.82) is 0 Å². The van der Waals surface area contributed by atoms with Gasteiger partial charge in [-0.2, -0.15) is 0 Å². The van der Waals surface area contributed by atoms with Crippen molar-refractivity contribution in [3.8, 4) is 0 Å². The fraction of sp³-hybridized carbons (Fsp3) is 0.436. The summed E-state index contributed by atoms with van der Waals surface area (Å²) in [5.74, 6) is -1.24. The molecular formula is C39H51ClN6O6S. The van der Waals surface area contributed by atoms with Gasteiger partial charge in [0.15, 0.2) is 0 Å². The van der Waals surface area contributed by atoms with Gasteiger partial charge in [-0.15, -0.1) is 0 Å². The van der Waals surface area contributed by atoms with Gasteiger partial charge in [-0.05, 0) is 86.4 Å². The first kappa shape index (κ1) is 41.3. The Kier molecular flexibility index (Phi) is 14.4. The minimum absolute atomic E-state index is 0.0689. The van der Waals surface area contributed by atoms with Crippen LogP contribution in [0.15, 0.2) is 72.8 Å². The van der Waals surface area contributed by atoms with Gasteiger partial charge in [0, 0.05) is 42.3 Å². The summed E-state index contributed by atoms with van der Waals surface area (Å²) in [6.07, 6.45) is 3.64. The maximum absolute atomic E-state index is 13.9. The van der Waals surface area contributed by atoms with Crippen LogP contribution in [0.3, 0.4) is 0 Å². The Morgan fingerprint density at radius 2 is 1.47 bits per heavy atom. The summed E-state index contributed by atoms with van der Waals surface area (Å²) in [6, 6.07) is 18.4. The molecule has 1 aliphatic rings. The Bertz CT molecular complexity index is 1870. The van der Waals surface area contributed by atoms with E-state index in [1.54, 1.807) is 32.0 Å². The Morgan fingerprint density at radius 1 is 0.830 bits per heavy atom. The van der Waals surface area contributed by atoms with Crippen molar-refractivity contribution in [1.82, 2.24) is 26.6 Å². The number of benzene rings is 3. The van der Waals surface area contributed by atoms with E-state index in [1.807, 2.05) is 50.2 Å². The summed E-state index contributed by atoms with van der Waals surface area (Å²) in [6.45, 7) is 8.03. The number of hydrogen-bond donors (Lipinski definition) is 5. The summed E-state index contributed by atoms with van der Waals surface area (Å²) < 4.78 is 26.1. The molecule has 4 amide bonds. The van der Waals surface area contributed by atoms with Crippen molar-refractivity contribution < 1.29 is 27.6 Å². The van der Waals surface area contributed by atoms with Crippen LogP contribution in [0.2, 0.25) is 5.02 Å². The SMILES string of the molecule is CC(C)[C@H](NC(=O)[C@H](C)NC[C@H](Cc1ccccc1)NC(=O)c1cc(C(=O)N[C@H](C)c2cccc(Cl)c2)cc(N(C)S(C)(=O)=O)c1)C(=O)NCC1CC1. The van der Waals surface area contributed by atoms with Crippen LogP contribution in [0.25, 0.3) is 0 Å². The molecule has 1 aliphatic carbocycles. The lowest BCUT2D eigenvalue weighted by Gasteiger charge is -2.26. The lowest BCUT2D eigenvalue weighted by atomic mass is 10.0. The normalized spacial score (nSPS) is 15.1. The maximum atomic E-state index is 13.9. The number of anilines is 1. The Labute approximate surface area is 317 Å². The molecule has 0 aromatic heterocycles. The molecule has 0 radical (unpaired) electrons. The van der Waals surface area contributed by atoms with Crippen molar-refractivity contribution in [3.05, 3.63) is 100 Å². The predicted molar refractivity (Wildman–Crippen MR) is 208 cm³/mol. The molecule has 53 heavy (non-hydrogen) atoms. The molecule has 0 saturated heterocycles. The fourth-order valence-corrected chi connectivity index (χ4v) is 6.32. The highest BCUT2D eigenvalue weighted by atomic mass is 35.5. The van der Waals surface area contributed by atoms with E-state index in [1.165, 1.54) is 25.2 Å². The third-order valence-electron chi connectivity index (χ3n) is 9.23. The molecule has 0 aliphatic heterocycles. The standard InChI is InChI=1S/C39H51ClN6O6S/c1-24(2)35(39(50)42-22-28-15-16-28)45-36(47)26(4)41-23-33(17-27-11-8-7-9-12-27)44-38(49)31-18-30(20-34(21-31)46(5)53(6,51)52)37(48)43-25(3)29-13-10-14-32(40)19-29/h7-14,18-21,24-26,28,33,35,41H,15-17,22-23H2,1-6H3,(H,42,50)(H,43,48)(H,44,49)(H,45,47)/t25-,26+,33+,35+/m1/s1. The Morgan fingerprint density at radius 3 is 2.06 bits per heavy atom. The number of hydrogen-bond acceptors (Lipinski definition) is 7. The molecule has 4 atom stereocenters. The number of nitrogens with one attached hydrogen (secondary N) is 5. The number of amides is 4. The van der Waals surface area contributed by atoms with Crippen molar-refractivity contribution in [3.63, 3.8) is 0 Å². The highest BCUT2D eigenvalue weighted by Crippen LogP contribution is 2.27. The fourth-order valence-electron chi connectivity index (χ4n) is 5.63. The first-order valence-corrected chi connectivity index (χ1v) is 20.1. The third-order valence-corrected chi connectivity index (χ3v) is 10.7. The minimum Gasteiger partial charge on any atom is -0.354 e. The number of carbonyl (C=O) groups excluding carboxylic acids is 4. The van der Waals surface area contributed by atoms with Crippen molar-refractivity contribution >= 4 is 50.9 Å². The molecule has 0 spiro atoms. The van der Waals surface area contributed by atoms with E-state index in [0.29, 0.717) is 23.9 Å². The lowest BCUT2D eigenvalue weighted by molar-refractivity contribution is -0.130. The quantitative estimate of drug-likeness (QED) is 0.129. The van der Waals surface area contributed by atoms with E-state index >= 15 is 0 Å². The zero-order chi connectivity index (χ0) is 38.9. The van der Waals surface area contributed by atoms with Gasteiger partial charge < -0.3 is 26.6 Å². The van der Waals surface area contributed by atoms with Crippen LogP contribution in [-0.2, 0) is 26.0 Å². The van der Waals surface area contributed by atoms with Crippen LogP contribution >= 0.6 is 11.6 Å². The van der Waals surface area contributed by atoms with Crippen LogP contribution in [0.1, 0.15) is 78.4 Å². The second-order valence-corrected chi connectivity index (χ2v) is 16.6. The van der Waals surface area contributed by atoms with E-state index in [-0.39, 0.29) is 41.1 Å². The Hall–Kier alpha value is -4.46. The first-order chi connectivity index (χ1) is 25.0. The van der Waals surface area contributed by atoms with Gasteiger partial charge in [0.05, 0.1) is 24.0 Å². The summed E-state index contributed by atoms with van der Waals surface area (Å²) in [7, 11) is -2.40. The predicted octanol–water partition coefficient (Wildman–Crippen LogP) is 4.21. The van der Waals surface area contributed by atoms with E-state index in [0.717, 1.165) is 34.5 Å². The zero-order valence-electron chi connectivity index (χ0n) is 31.1. The van der Waals surface area contributed by atoms with Crippen molar-refractivity contribution in [2.45, 2.75) is 71.1 Å². The molecule has 12 nitrogen and oxygen atoms in total. The van der Waals surface area contributed by atoms with E-state index in [4.69, 9.17) is 11.6 Å². The molecule has 4 rings (SSSR count). The van der Waals surface area contributed by atoms with Crippen LogP contribution in [-0.4, -0.2) is 76.6 Å². The first-order valence-electron chi connectivity index (χ1n) is 17.8. The minimum atomic E-state index is -3.74. The highest BCUT2D eigenvalue weighted by Gasteiger charge is 2.29.